The van der Waals surface area contributed by atoms with Gasteiger partial charge in [-0.05, 0) is 26.2 Å². The molecule has 1 aliphatic carbocycles. The minimum atomic E-state index is -1.84. The number of hydrogen-bond acceptors (Lipinski definition) is 5. The van der Waals surface area contributed by atoms with Crippen molar-refractivity contribution in [2.75, 3.05) is 6.54 Å². The van der Waals surface area contributed by atoms with E-state index in [1.165, 1.54) is 6.92 Å². The maximum atomic E-state index is 13.4. The van der Waals surface area contributed by atoms with Gasteiger partial charge in [0.2, 0.25) is 5.60 Å². The van der Waals surface area contributed by atoms with E-state index in [9.17, 15) is 19.2 Å². The fourth-order valence-electron chi connectivity index (χ4n) is 5.51. The second-order valence-electron chi connectivity index (χ2n) is 7.74. The first-order valence-electron chi connectivity index (χ1n) is 9.16. The Morgan fingerprint density at radius 2 is 1.69 bits per heavy atom. The van der Waals surface area contributed by atoms with E-state index in [2.05, 4.69) is 0 Å². The average Bonchev–Trinajstić information content (AvgIpc) is 2.96. The van der Waals surface area contributed by atoms with Crippen molar-refractivity contribution in [3.05, 3.63) is 35.4 Å². The molecule has 3 heterocycles. The smallest absolute Gasteiger partial charge is 0.265 e. The number of carbonyl (C=O) groups is 4. The molecule has 1 aromatic carbocycles. The molecule has 3 aliphatic heterocycles. The van der Waals surface area contributed by atoms with Crippen LogP contribution in [0, 0.1) is 11.8 Å². The molecule has 4 aliphatic rings. The average molecular weight is 353 g/mol. The van der Waals surface area contributed by atoms with Crippen LogP contribution in [-0.2, 0) is 14.3 Å². The van der Waals surface area contributed by atoms with E-state index in [0.29, 0.717) is 24.1 Å². The summed E-state index contributed by atoms with van der Waals surface area (Å²) >= 11 is 0. The molecule has 0 saturated carbocycles. The predicted molar refractivity (Wildman–Crippen MR) is 89.5 cm³/mol. The fraction of sp³-hybridized carbons (Fsp3) is 0.500. The number of benzene rings is 1. The summed E-state index contributed by atoms with van der Waals surface area (Å²) in [6.07, 6.45) is 3.01. The Labute approximate surface area is 150 Å². The van der Waals surface area contributed by atoms with Crippen molar-refractivity contribution in [2.45, 2.75) is 43.9 Å². The summed E-state index contributed by atoms with van der Waals surface area (Å²) in [5.41, 5.74) is -2.34. The Morgan fingerprint density at radius 3 is 2.35 bits per heavy atom. The van der Waals surface area contributed by atoms with Crippen LogP contribution in [0.25, 0.3) is 0 Å². The molecule has 6 nitrogen and oxygen atoms in total. The number of rotatable bonds is 1. The van der Waals surface area contributed by atoms with Gasteiger partial charge in [-0.3, -0.25) is 19.2 Å². The summed E-state index contributed by atoms with van der Waals surface area (Å²) in [5.74, 6) is -3.28. The number of ketones is 3. The topological polar surface area (TPSA) is 80.8 Å². The maximum absolute atomic E-state index is 13.4. The molecule has 1 amide bonds. The first-order chi connectivity index (χ1) is 12.4. The molecule has 3 saturated heterocycles. The zero-order valence-electron chi connectivity index (χ0n) is 14.5. The van der Waals surface area contributed by atoms with Crippen LogP contribution in [0.5, 0.6) is 0 Å². The highest BCUT2D eigenvalue weighted by atomic mass is 16.6. The predicted octanol–water partition coefficient (Wildman–Crippen LogP) is 1.77. The minimum absolute atomic E-state index is 0.187. The van der Waals surface area contributed by atoms with Crippen molar-refractivity contribution in [3.63, 3.8) is 0 Å². The number of Topliss-reactive ketones (excluding diaryl/α,β-unsaturated/α-hetero) is 3. The van der Waals surface area contributed by atoms with Gasteiger partial charge < -0.3 is 9.64 Å². The van der Waals surface area contributed by atoms with Gasteiger partial charge in [0.15, 0.2) is 23.1 Å². The van der Waals surface area contributed by atoms with Crippen LogP contribution in [0.4, 0.5) is 0 Å². The molecular formula is C20H19NO5. The van der Waals surface area contributed by atoms with Crippen LogP contribution in [0.15, 0.2) is 24.3 Å². The van der Waals surface area contributed by atoms with Gasteiger partial charge in [0.1, 0.15) is 0 Å². The normalized spacial score (nSPS) is 37.9. The maximum Gasteiger partial charge on any atom is 0.265 e. The lowest BCUT2D eigenvalue weighted by molar-refractivity contribution is -0.150. The van der Waals surface area contributed by atoms with Crippen molar-refractivity contribution in [3.8, 4) is 0 Å². The third-order valence-electron chi connectivity index (χ3n) is 6.58. The van der Waals surface area contributed by atoms with Crippen LogP contribution in [0.3, 0.4) is 0 Å². The van der Waals surface area contributed by atoms with Crippen LogP contribution < -0.4 is 0 Å². The molecule has 1 aromatic rings. The number of amides is 1. The van der Waals surface area contributed by atoms with E-state index < -0.39 is 34.9 Å². The van der Waals surface area contributed by atoms with Gasteiger partial charge in [0, 0.05) is 17.7 Å². The van der Waals surface area contributed by atoms with E-state index in [1.807, 2.05) is 0 Å². The first-order valence-corrected chi connectivity index (χ1v) is 9.16. The quantitative estimate of drug-likeness (QED) is 0.719. The highest BCUT2D eigenvalue weighted by molar-refractivity contribution is 6.24. The zero-order valence-corrected chi connectivity index (χ0v) is 14.5. The molecule has 2 bridgehead atoms. The van der Waals surface area contributed by atoms with Gasteiger partial charge in [-0.15, -0.1) is 0 Å². The van der Waals surface area contributed by atoms with E-state index in [0.717, 1.165) is 19.3 Å². The summed E-state index contributed by atoms with van der Waals surface area (Å²) in [6.45, 7) is 1.75. The zero-order chi connectivity index (χ0) is 18.3. The van der Waals surface area contributed by atoms with Gasteiger partial charge in [0.25, 0.3) is 5.91 Å². The SMILES string of the molecule is CC(=O)C12OC3(CCCCCN3C1=O)C1C(=O)c3ccccc3C(=O)C12. The molecule has 26 heavy (non-hydrogen) atoms. The van der Waals surface area contributed by atoms with Crippen molar-refractivity contribution >= 4 is 23.3 Å². The first kappa shape index (κ1) is 15.9. The Bertz CT molecular complexity index is 892. The summed E-state index contributed by atoms with van der Waals surface area (Å²) in [7, 11) is 0. The Kier molecular flexibility index (Phi) is 2.98. The lowest BCUT2D eigenvalue weighted by Crippen LogP contribution is -2.65. The second kappa shape index (κ2) is 4.88. The third-order valence-corrected chi connectivity index (χ3v) is 6.58. The molecule has 0 N–H and O–H groups in total. The van der Waals surface area contributed by atoms with E-state index in [1.54, 1.807) is 29.2 Å². The van der Waals surface area contributed by atoms with Gasteiger partial charge in [-0.25, -0.2) is 0 Å². The summed E-state index contributed by atoms with van der Waals surface area (Å²) in [5, 5.41) is 0. The van der Waals surface area contributed by atoms with Gasteiger partial charge in [-0.1, -0.05) is 30.7 Å². The van der Waals surface area contributed by atoms with Crippen molar-refractivity contribution in [2.24, 2.45) is 11.8 Å². The summed E-state index contributed by atoms with van der Waals surface area (Å²) < 4.78 is 6.21. The molecule has 5 rings (SSSR count). The molecule has 4 unspecified atom stereocenters. The number of fused-ring (bicyclic) bond motifs is 4. The van der Waals surface area contributed by atoms with E-state index in [-0.39, 0.29) is 11.6 Å². The molecule has 0 aromatic heterocycles. The molecule has 3 fully saturated rings. The molecule has 4 atom stereocenters. The number of ether oxygens (including phenoxy) is 1. The van der Waals surface area contributed by atoms with E-state index >= 15 is 0 Å². The molecule has 1 spiro atoms. The second-order valence-corrected chi connectivity index (χ2v) is 7.74. The summed E-state index contributed by atoms with van der Waals surface area (Å²) in [4.78, 5) is 54.2. The third kappa shape index (κ3) is 1.53. The summed E-state index contributed by atoms with van der Waals surface area (Å²) in [6, 6.07) is 6.67. The number of piperidine rings is 1. The lowest BCUT2D eigenvalue weighted by Gasteiger charge is -2.44. The highest BCUT2D eigenvalue weighted by Crippen LogP contribution is 2.61. The van der Waals surface area contributed by atoms with Gasteiger partial charge in [0.05, 0.1) is 11.8 Å². The number of nitrogens with zero attached hydrogens (tertiary/aromatic N) is 1. The number of hydrogen-bond donors (Lipinski definition) is 0. The molecule has 6 heteroatoms. The van der Waals surface area contributed by atoms with Crippen molar-refractivity contribution in [1.82, 2.24) is 4.90 Å². The Balaban J connectivity index is 1.79. The highest BCUT2D eigenvalue weighted by Gasteiger charge is 2.81. The Morgan fingerprint density at radius 1 is 1.04 bits per heavy atom. The molecule has 0 radical (unpaired) electrons. The lowest BCUT2D eigenvalue weighted by atomic mass is 9.61. The molecular weight excluding hydrogens is 334 g/mol. The minimum Gasteiger partial charge on any atom is -0.330 e. The van der Waals surface area contributed by atoms with Gasteiger partial charge >= 0.3 is 0 Å². The van der Waals surface area contributed by atoms with Gasteiger partial charge in [-0.2, -0.15) is 0 Å². The van der Waals surface area contributed by atoms with Crippen LogP contribution in [-0.4, -0.2) is 46.0 Å². The molecule has 134 valence electrons. The van der Waals surface area contributed by atoms with E-state index in [4.69, 9.17) is 4.74 Å². The standard InChI is InChI=1S/C20H19NO5/c1-11(22)20-15-14(16(23)12-7-3-4-8-13(12)17(15)24)19(26-20)9-5-2-6-10-21(19)18(20)25/h3-4,7-8,14-15H,2,5-6,9-10H2,1H3. The Hall–Kier alpha value is -2.34. The monoisotopic (exact) mass is 353 g/mol. The largest absolute Gasteiger partial charge is 0.330 e. The van der Waals surface area contributed by atoms with Crippen LogP contribution in [0.2, 0.25) is 0 Å². The van der Waals surface area contributed by atoms with Crippen LogP contribution >= 0.6 is 0 Å². The van der Waals surface area contributed by atoms with Crippen LogP contribution in [0.1, 0.15) is 53.3 Å². The van der Waals surface area contributed by atoms with Crippen molar-refractivity contribution in [1.29, 1.82) is 0 Å². The van der Waals surface area contributed by atoms with Crippen molar-refractivity contribution < 1.29 is 23.9 Å². The number of carbonyl (C=O) groups excluding carboxylic acids is 4. The fourth-order valence-corrected chi connectivity index (χ4v) is 5.51.